The summed E-state index contributed by atoms with van der Waals surface area (Å²) in [6.45, 7) is 3.57. The summed E-state index contributed by atoms with van der Waals surface area (Å²) in [7, 11) is 0. The van der Waals surface area contributed by atoms with Crippen molar-refractivity contribution < 1.29 is 4.79 Å². The minimum Gasteiger partial charge on any atom is -0.268 e. The van der Waals surface area contributed by atoms with Crippen LogP contribution in [0.25, 0.3) is 0 Å². The van der Waals surface area contributed by atoms with Gasteiger partial charge in [0.15, 0.2) is 0 Å². The number of rotatable bonds is 1. The van der Waals surface area contributed by atoms with Crippen LogP contribution in [0.15, 0.2) is 11.6 Å². The van der Waals surface area contributed by atoms with Gasteiger partial charge >= 0.3 is 0 Å². The first-order valence-electron chi connectivity index (χ1n) is 2.03. The Morgan fingerprint density at radius 3 is 2.00 bits per heavy atom. The molecule has 0 aliphatic rings. The number of amides is 1. The van der Waals surface area contributed by atoms with Gasteiger partial charge in [-0.05, 0) is 13.8 Å². The monoisotopic (exact) mass is 98.1 g/mol. The van der Waals surface area contributed by atoms with Gasteiger partial charge in [-0.15, -0.1) is 0 Å². The zero-order chi connectivity index (χ0) is 5.86. The van der Waals surface area contributed by atoms with E-state index in [9.17, 15) is 4.79 Å². The molecule has 2 nitrogen and oxygen atoms in total. The Kier molecular flexibility index (Phi) is 2.12. The Bertz CT molecular complexity index is 101. The van der Waals surface area contributed by atoms with Crippen molar-refractivity contribution in [3.05, 3.63) is 11.6 Å². The van der Waals surface area contributed by atoms with Crippen molar-refractivity contribution >= 4 is 5.91 Å². The van der Waals surface area contributed by atoms with E-state index in [4.69, 9.17) is 5.73 Å². The van der Waals surface area contributed by atoms with Gasteiger partial charge in [0.1, 0.15) is 0 Å². The Labute approximate surface area is 43.0 Å². The Hall–Kier alpha value is -0.790. The molecule has 0 rings (SSSR count). The summed E-state index contributed by atoms with van der Waals surface area (Å²) in [5.74, 6) is -0.625. The third-order valence-corrected chi connectivity index (χ3v) is 0.420. The van der Waals surface area contributed by atoms with Gasteiger partial charge in [0, 0.05) is 6.08 Å². The lowest BCUT2D eigenvalue weighted by Crippen LogP contribution is -1.90. The van der Waals surface area contributed by atoms with E-state index in [2.05, 4.69) is 0 Å². The molecule has 1 radical (unpaired) electrons. The van der Waals surface area contributed by atoms with Crippen LogP contribution in [0.1, 0.15) is 13.8 Å². The summed E-state index contributed by atoms with van der Waals surface area (Å²) in [5.41, 5.74) is 7.27. The van der Waals surface area contributed by atoms with Crippen LogP contribution in [0.3, 0.4) is 0 Å². The SMILES string of the molecule is CC(C)=CC([NH])=O. The van der Waals surface area contributed by atoms with E-state index in [1.165, 1.54) is 6.08 Å². The topological polar surface area (TPSA) is 40.9 Å². The zero-order valence-corrected chi connectivity index (χ0v) is 4.49. The molecule has 0 heterocycles. The van der Waals surface area contributed by atoms with E-state index in [1.54, 1.807) is 13.8 Å². The second-order valence-corrected chi connectivity index (χ2v) is 1.59. The van der Waals surface area contributed by atoms with Gasteiger partial charge in [0.05, 0.1) is 0 Å². The molecule has 1 N–H and O–H groups in total. The average molecular weight is 98.1 g/mol. The molecular weight excluding hydrogens is 90.1 g/mol. The van der Waals surface area contributed by atoms with Crippen molar-refractivity contribution in [2.45, 2.75) is 13.8 Å². The molecule has 7 heavy (non-hydrogen) atoms. The molecule has 1 amide bonds. The van der Waals surface area contributed by atoms with Crippen molar-refractivity contribution in [1.82, 2.24) is 5.73 Å². The fourth-order valence-electron chi connectivity index (χ4n) is 0.262. The number of allylic oxidation sites excluding steroid dienone is 1. The van der Waals surface area contributed by atoms with Crippen LogP contribution in [-0.4, -0.2) is 5.91 Å². The molecule has 39 valence electrons. The standard InChI is InChI=1S/C5H8NO/c1-4(2)3-5(6)7/h3,6H,1-2H3. The first-order chi connectivity index (χ1) is 3.13. The molecule has 0 bridgehead atoms. The fourth-order valence-corrected chi connectivity index (χ4v) is 0.262. The second-order valence-electron chi connectivity index (χ2n) is 1.59. The lowest BCUT2D eigenvalue weighted by atomic mass is 10.3. The number of carbonyl (C=O) groups excluding carboxylic acids is 1. The first-order valence-corrected chi connectivity index (χ1v) is 2.03. The zero-order valence-electron chi connectivity index (χ0n) is 4.49. The van der Waals surface area contributed by atoms with E-state index < -0.39 is 5.91 Å². The van der Waals surface area contributed by atoms with Gasteiger partial charge in [-0.2, -0.15) is 0 Å². The summed E-state index contributed by atoms with van der Waals surface area (Å²) in [6, 6.07) is 0. The quantitative estimate of drug-likeness (QED) is 0.446. The van der Waals surface area contributed by atoms with Crippen LogP contribution in [0.2, 0.25) is 0 Å². The van der Waals surface area contributed by atoms with Crippen molar-refractivity contribution in [2.75, 3.05) is 0 Å². The number of carbonyl (C=O) groups is 1. The highest BCUT2D eigenvalue weighted by molar-refractivity contribution is 5.85. The van der Waals surface area contributed by atoms with Crippen molar-refractivity contribution in [1.29, 1.82) is 0 Å². The Morgan fingerprint density at radius 2 is 2.00 bits per heavy atom. The van der Waals surface area contributed by atoms with Crippen LogP contribution in [0.5, 0.6) is 0 Å². The molecule has 2 heteroatoms. The molecule has 0 spiro atoms. The summed E-state index contributed by atoms with van der Waals surface area (Å²) in [4.78, 5) is 9.84. The van der Waals surface area contributed by atoms with Gasteiger partial charge in [0.25, 0.3) is 5.91 Å². The first kappa shape index (κ1) is 6.21. The normalized spacial score (nSPS) is 7.71. The van der Waals surface area contributed by atoms with E-state index in [1.807, 2.05) is 0 Å². The minimum atomic E-state index is -0.625. The molecule has 0 saturated carbocycles. The van der Waals surface area contributed by atoms with Gasteiger partial charge in [-0.25, -0.2) is 0 Å². The minimum absolute atomic E-state index is 0.625. The van der Waals surface area contributed by atoms with Crippen molar-refractivity contribution in [2.24, 2.45) is 0 Å². The van der Waals surface area contributed by atoms with Crippen LogP contribution in [-0.2, 0) is 4.79 Å². The van der Waals surface area contributed by atoms with Crippen LogP contribution in [0.4, 0.5) is 0 Å². The molecule has 0 atom stereocenters. The second kappa shape index (κ2) is 2.39. The maximum absolute atomic E-state index is 9.84. The largest absolute Gasteiger partial charge is 0.268 e. The lowest BCUT2D eigenvalue weighted by Gasteiger charge is -1.79. The third-order valence-electron chi connectivity index (χ3n) is 0.420. The summed E-state index contributed by atoms with van der Waals surface area (Å²) in [5, 5.41) is 0. The molecular formula is C5H8NO. The molecule has 0 aromatic carbocycles. The molecule has 0 aromatic rings. The van der Waals surface area contributed by atoms with Gasteiger partial charge in [-0.3, -0.25) is 10.5 Å². The van der Waals surface area contributed by atoms with Crippen LogP contribution >= 0.6 is 0 Å². The Morgan fingerprint density at radius 1 is 1.57 bits per heavy atom. The highest BCUT2D eigenvalue weighted by atomic mass is 16.1. The highest BCUT2D eigenvalue weighted by Gasteiger charge is 1.82. The summed E-state index contributed by atoms with van der Waals surface area (Å²) >= 11 is 0. The highest BCUT2D eigenvalue weighted by Crippen LogP contribution is 1.84. The van der Waals surface area contributed by atoms with Crippen LogP contribution < -0.4 is 5.73 Å². The number of hydrogen-bond donors (Lipinski definition) is 0. The molecule has 0 saturated heterocycles. The molecule has 0 aliphatic carbocycles. The van der Waals surface area contributed by atoms with E-state index >= 15 is 0 Å². The predicted molar refractivity (Wildman–Crippen MR) is 27.5 cm³/mol. The molecule has 0 aromatic heterocycles. The number of nitrogens with one attached hydrogen (secondary N) is 1. The van der Waals surface area contributed by atoms with Gasteiger partial charge < -0.3 is 0 Å². The lowest BCUT2D eigenvalue weighted by molar-refractivity contribution is -0.114. The van der Waals surface area contributed by atoms with Crippen molar-refractivity contribution in [3.8, 4) is 0 Å². The summed E-state index contributed by atoms with van der Waals surface area (Å²) < 4.78 is 0. The smallest absolute Gasteiger partial charge is 0.262 e. The number of hydrogen-bond acceptors (Lipinski definition) is 1. The third kappa shape index (κ3) is 5.21. The predicted octanol–water partition coefficient (Wildman–Crippen LogP) is 0.762. The summed E-state index contributed by atoms with van der Waals surface area (Å²) in [6.07, 6.45) is 1.28. The van der Waals surface area contributed by atoms with E-state index in [0.29, 0.717) is 0 Å². The fraction of sp³-hybridized carbons (Fsp3) is 0.400. The van der Waals surface area contributed by atoms with E-state index in [0.717, 1.165) is 5.57 Å². The average Bonchev–Trinajstić information content (AvgIpc) is 1.27. The molecule has 0 aliphatic heterocycles. The maximum atomic E-state index is 9.84. The maximum Gasteiger partial charge on any atom is 0.262 e. The van der Waals surface area contributed by atoms with Crippen molar-refractivity contribution in [3.63, 3.8) is 0 Å². The molecule has 0 fully saturated rings. The Balaban J connectivity index is 3.68. The van der Waals surface area contributed by atoms with Gasteiger partial charge in [-0.1, -0.05) is 5.57 Å². The van der Waals surface area contributed by atoms with Crippen LogP contribution in [0, 0.1) is 0 Å². The van der Waals surface area contributed by atoms with E-state index in [-0.39, 0.29) is 0 Å². The molecule has 0 unspecified atom stereocenters. The van der Waals surface area contributed by atoms with Gasteiger partial charge in [0.2, 0.25) is 0 Å².